The van der Waals surface area contributed by atoms with Gasteiger partial charge in [-0.05, 0) is 29.5 Å². The highest BCUT2D eigenvalue weighted by Gasteiger charge is 2.06. The molecule has 1 aliphatic heterocycles. The van der Waals surface area contributed by atoms with Crippen LogP contribution in [-0.4, -0.2) is 16.2 Å². The minimum atomic E-state index is -0.382. The van der Waals surface area contributed by atoms with Crippen LogP contribution in [0.1, 0.15) is 5.56 Å². The average Bonchev–Trinajstić information content (AvgIpc) is 2.29. The monoisotopic (exact) mass is 225 g/mol. The summed E-state index contributed by atoms with van der Waals surface area (Å²) in [5, 5.41) is 12.1. The van der Waals surface area contributed by atoms with Crippen LogP contribution in [0.3, 0.4) is 0 Å². The van der Waals surface area contributed by atoms with Gasteiger partial charge in [-0.15, -0.1) is 10.2 Å². The predicted molar refractivity (Wildman–Crippen MR) is 64.4 cm³/mol. The molecule has 0 radical (unpaired) electrons. The number of nitrogens with zero attached hydrogens (tertiary/aromatic N) is 4. The largest absolute Gasteiger partial charge is 0.345 e. The molecule has 0 atom stereocenters. The lowest BCUT2D eigenvalue weighted by molar-refractivity contribution is 1.06. The Morgan fingerprint density at radius 2 is 2.18 bits per heavy atom. The maximum absolute atomic E-state index is 11.3. The molecule has 6 heteroatoms. The maximum Gasteiger partial charge on any atom is 0.345 e. The van der Waals surface area contributed by atoms with Gasteiger partial charge in [0.15, 0.2) is 0 Å². The molecule has 6 nitrogen and oxygen atoms in total. The Morgan fingerprint density at radius 3 is 3.12 bits per heavy atom. The number of allylic oxidation sites excluding steroid dienone is 1. The Hall–Kier alpha value is -2.63. The van der Waals surface area contributed by atoms with Crippen LogP contribution >= 0.6 is 0 Å². The summed E-state index contributed by atoms with van der Waals surface area (Å²) in [6, 6.07) is 3.64. The summed E-state index contributed by atoms with van der Waals surface area (Å²) in [7, 11) is 0. The first-order valence-electron chi connectivity index (χ1n) is 4.97. The number of hydrogen-bond acceptors (Lipinski definition) is 5. The van der Waals surface area contributed by atoms with E-state index in [9.17, 15) is 4.79 Å². The first-order chi connectivity index (χ1) is 8.34. The van der Waals surface area contributed by atoms with Crippen molar-refractivity contribution in [3.8, 4) is 0 Å². The molecule has 0 saturated heterocycles. The van der Waals surface area contributed by atoms with Gasteiger partial charge in [0.2, 0.25) is 0 Å². The molecule has 0 amide bonds. The molecular formula is C11H7N5O. The third kappa shape index (κ3) is 1.65. The van der Waals surface area contributed by atoms with E-state index in [4.69, 9.17) is 0 Å². The van der Waals surface area contributed by atoms with Crippen LogP contribution in [0, 0.1) is 0 Å². The number of fused-ring (bicyclic) bond motifs is 3. The van der Waals surface area contributed by atoms with Crippen molar-refractivity contribution in [2.24, 2.45) is 15.4 Å². The van der Waals surface area contributed by atoms with Crippen LogP contribution in [0.4, 0.5) is 5.69 Å². The van der Waals surface area contributed by atoms with Gasteiger partial charge in [0.25, 0.3) is 0 Å². The van der Waals surface area contributed by atoms with Crippen LogP contribution in [0.25, 0.3) is 17.0 Å². The molecule has 1 N–H and O–H groups in total. The minimum Gasteiger partial charge on any atom is -0.305 e. The summed E-state index contributed by atoms with van der Waals surface area (Å²) in [6.45, 7) is 0. The summed E-state index contributed by atoms with van der Waals surface area (Å²) in [4.78, 5) is 17.6. The van der Waals surface area contributed by atoms with Crippen molar-refractivity contribution in [2.45, 2.75) is 0 Å². The topological polar surface area (TPSA) is 82.8 Å². The molecule has 1 aromatic heterocycles. The zero-order valence-electron chi connectivity index (χ0n) is 8.66. The lowest BCUT2D eigenvalue weighted by Gasteiger charge is -2.04. The number of H-pyrrole nitrogens is 1. The summed E-state index contributed by atoms with van der Waals surface area (Å²) >= 11 is 0. The third-order valence-electron chi connectivity index (χ3n) is 2.43. The number of nitrogens with one attached hydrogen (secondary N) is 1. The van der Waals surface area contributed by atoms with E-state index in [-0.39, 0.29) is 5.69 Å². The lowest BCUT2D eigenvalue weighted by atomic mass is 10.1. The average molecular weight is 225 g/mol. The van der Waals surface area contributed by atoms with E-state index < -0.39 is 0 Å². The molecule has 0 unspecified atom stereocenters. The van der Waals surface area contributed by atoms with Crippen molar-refractivity contribution in [1.29, 1.82) is 0 Å². The highest BCUT2D eigenvalue weighted by atomic mass is 16.1. The maximum atomic E-state index is 11.3. The minimum absolute atomic E-state index is 0.382. The van der Waals surface area contributed by atoms with Crippen molar-refractivity contribution in [3.05, 3.63) is 40.5 Å². The first-order valence-corrected chi connectivity index (χ1v) is 4.97. The van der Waals surface area contributed by atoms with E-state index in [2.05, 4.69) is 25.4 Å². The van der Waals surface area contributed by atoms with E-state index in [0.717, 1.165) is 10.9 Å². The Bertz CT molecular complexity index is 726. The van der Waals surface area contributed by atoms with Crippen molar-refractivity contribution < 1.29 is 0 Å². The predicted octanol–water partition coefficient (Wildman–Crippen LogP) is 2.02. The van der Waals surface area contributed by atoms with Crippen molar-refractivity contribution in [2.75, 3.05) is 0 Å². The van der Waals surface area contributed by atoms with Crippen LogP contribution < -0.4 is 5.69 Å². The van der Waals surface area contributed by atoms with Gasteiger partial charge in [-0.1, -0.05) is 0 Å². The molecule has 82 valence electrons. The lowest BCUT2D eigenvalue weighted by Crippen LogP contribution is -2.09. The summed E-state index contributed by atoms with van der Waals surface area (Å²) in [5.41, 5.74) is 1.78. The van der Waals surface area contributed by atoms with Gasteiger partial charge in [0, 0.05) is 17.1 Å². The fourth-order valence-electron chi connectivity index (χ4n) is 1.68. The van der Waals surface area contributed by atoms with Gasteiger partial charge in [0.05, 0.1) is 17.4 Å². The van der Waals surface area contributed by atoms with Crippen molar-refractivity contribution in [3.63, 3.8) is 0 Å². The van der Waals surface area contributed by atoms with E-state index in [1.807, 2.05) is 18.2 Å². The highest BCUT2D eigenvalue weighted by molar-refractivity contribution is 5.94. The second-order valence-electron chi connectivity index (χ2n) is 3.46. The number of aromatic amines is 1. The number of rotatable bonds is 0. The molecule has 2 heterocycles. The van der Waals surface area contributed by atoms with Crippen LogP contribution in [0.2, 0.25) is 0 Å². The number of aromatic nitrogens is 2. The number of hydrogen-bond donors (Lipinski definition) is 1. The van der Waals surface area contributed by atoms with Crippen molar-refractivity contribution in [1.82, 2.24) is 9.97 Å². The molecule has 0 saturated carbocycles. The molecule has 2 aromatic rings. The Kier molecular flexibility index (Phi) is 2.11. The van der Waals surface area contributed by atoms with Gasteiger partial charge in [-0.25, -0.2) is 9.78 Å². The standard InChI is InChI=1S/C11H7N5O/c17-11-12-6-7-3-4-9-8(10(7)14-11)2-1-5-13-16-15-9/h1-6H,(H,12,14,17)/b2-1-,5-1?,8-2?,13-5-,15-9?,16-13?,16-15?. The first kappa shape index (κ1) is 9.59. The second kappa shape index (κ2) is 3.75. The van der Waals surface area contributed by atoms with E-state index in [1.54, 1.807) is 6.08 Å². The molecule has 0 aliphatic carbocycles. The molecule has 0 spiro atoms. The van der Waals surface area contributed by atoms with Gasteiger partial charge >= 0.3 is 5.69 Å². The summed E-state index contributed by atoms with van der Waals surface area (Å²) in [6.07, 6.45) is 6.64. The van der Waals surface area contributed by atoms with Gasteiger partial charge in [-0.3, -0.25) is 0 Å². The molecule has 17 heavy (non-hydrogen) atoms. The molecule has 1 aromatic carbocycles. The molecule has 1 aliphatic rings. The zero-order chi connectivity index (χ0) is 11.7. The Morgan fingerprint density at radius 1 is 1.24 bits per heavy atom. The van der Waals surface area contributed by atoms with Crippen molar-refractivity contribution >= 4 is 28.9 Å². The fourth-order valence-corrected chi connectivity index (χ4v) is 1.68. The molecule has 0 fully saturated rings. The summed E-state index contributed by atoms with van der Waals surface area (Å²) in [5.74, 6) is 0. The SMILES string of the molecule is O=c1ncc2ccc3c(c2[nH]1)/C=C\C=N/N=N3. The molecule has 0 bridgehead atoms. The van der Waals surface area contributed by atoms with Gasteiger partial charge in [-0.2, -0.15) is 0 Å². The molecular weight excluding hydrogens is 218 g/mol. The van der Waals surface area contributed by atoms with Crippen LogP contribution in [-0.2, 0) is 0 Å². The Balaban J connectivity index is 2.42. The fraction of sp³-hybridized carbons (Fsp3) is 0. The van der Waals surface area contributed by atoms with E-state index in [0.29, 0.717) is 11.2 Å². The third-order valence-corrected chi connectivity index (χ3v) is 2.43. The van der Waals surface area contributed by atoms with E-state index >= 15 is 0 Å². The zero-order valence-corrected chi connectivity index (χ0v) is 8.66. The summed E-state index contributed by atoms with van der Waals surface area (Å²) < 4.78 is 0. The number of benzene rings is 1. The Labute approximate surface area is 95.4 Å². The highest BCUT2D eigenvalue weighted by Crippen LogP contribution is 2.28. The normalized spacial score (nSPS) is 17.2. The van der Waals surface area contributed by atoms with Crippen LogP contribution in [0.5, 0.6) is 0 Å². The smallest absolute Gasteiger partial charge is 0.305 e. The quantitative estimate of drug-likeness (QED) is 0.743. The van der Waals surface area contributed by atoms with E-state index in [1.165, 1.54) is 12.4 Å². The molecule has 3 rings (SSSR count). The van der Waals surface area contributed by atoms with Gasteiger partial charge in [0.1, 0.15) is 0 Å². The second-order valence-corrected chi connectivity index (χ2v) is 3.46. The van der Waals surface area contributed by atoms with Crippen LogP contribution in [0.15, 0.2) is 44.6 Å². The van der Waals surface area contributed by atoms with Gasteiger partial charge < -0.3 is 4.98 Å².